The average molecular weight is 1110 g/mol. The lowest BCUT2D eigenvalue weighted by Gasteiger charge is -2.30. The number of phosphoric acid groups is 1. The SMILES string of the molecule is CCCCCCCCCCCCCCCCCCCCCCCCCCCCCCCCCC(O)C(COP(=O)([O-])OCC[N+](C)(C)C)NC(=O)CCCCCCCCCCCCCCCCCCCCCCCCCC. The summed E-state index contributed by atoms with van der Waals surface area (Å²) in [5, 5.41) is 14.1. The minimum absolute atomic E-state index is 0.0170. The Balaban J connectivity index is 3.98. The fourth-order valence-corrected chi connectivity index (χ4v) is 11.9. The van der Waals surface area contributed by atoms with Gasteiger partial charge in [-0.3, -0.25) is 9.36 Å². The van der Waals surface area contributed by atoms with Gasteiger partial charge in [0, 0.05) is 6.42 Å². The van der Waals surface area contributed by atoms with Crippen molar-refractivity contribution in [2.24, 2.45) is 0 Å². The molecule has 0 saturated carbocycles. The third-order valence-electron chi connectivity index (χ3n) is 16.6. The first-order chi connectivity index (χ1) is 37.5. The van der Waals surface area contributed by atoms with Crippen molar-refractivity contribution in [1.82, 2.24) is 5.32 Å². The Morgan fingerprint density at radius 2 is 0.636 bits per heavy atom. The van der Waals surface area contributed by atoms with E-state index < -0.39 is 20.0 Å². The second kappa shape index (κ2) is 60.1. The lowest BCUT2D eigenvalue weighted by Crippen LogP contribution is -2.46. The van der Waals surface area contributed by atoms with E-state index in [2.05, 4.69) is 19.2 Å². The second-order valence-electron chi connectivity index (χ2n) is 25.6. The largest absolute Gasteiger partial charge is 0.756 e. The third kappa shape index (κ3) is 62.9. The summed E-state index contributed by atoms with van der Waals surface area (Å²) in [6.45, 7) is 4.80. The zero-order valence-corrected chi connectivity index (χ0v) is 53.9. The van der Waals surface area contributed by atoms with E-state index in [0.717, 1.165) is 38.5 Å². The van der Waals surface area contributed by atoms with Crippen LogP contribution in [0.5, 0.6) is 0 Å². The van der Waals surface area contributed by atoms with E-state index in [0.29, 0.717) is 23.9 Å². The molecule has 9 heteroatoms. The van der Waals surface area contributed by atoms with Crippen LogP contribution in [0.2, 0.25) is 0 Å². The predicted octanol–water partition coefficient (Wildman–Crippen LogP) is 21.3. The molecule has 0 radical (unpaired) electrons. The van der Waals surface area contributed by atoms with Gasteiger partial charge >= 0.3 is 0 Å². The molecule has 0 spiro atoms. The minimum Gasteiger partial charge on any atom is -0.756 e. The molecule has 2 N–H and O–H groups in total. The van der Waals surface area contributed by atoms with E-state index in [1.807, 2.05) is 21.1 Å². The normalized spacial score (nSPS) is 13.6. The molecule has 0 rings (SSSR count). The monoisotopic (exact) mass is 1110 g/mol. The van der Waals surface area contributed by atoms with Crippen LogP contribution in [0.15, 0.2) is 0 Å². The number of quaternary nitrogens is 1. The van der Waals surface area contributed by atoms with Crippen LogP contribution in [0.1, 0.15) is 380 Å². The molecule has 0 aliphatic heterocycles. The highest BCUT2D eigenvalue weighted by Crippen LogP contribution is 2.38. The van der Waals surface area contributed by atoms with Gasteiger partial charge in [0.1, 0.15) is 13.2 Å². The molecule has 0 fully saturated rings. The Hall–Kier alpha value is -0.500. The zero-order chi connectivity index (χ0) is 56.3. The van der Waals surface area contributed by atoms with Crippen molar-refractivity contribution in [2.45, 2.75) is 392 Å². The highest BCUT2D eigenvalue weighted by atomic mass is 31.2. The maximum absolute atomic E-state index is 13.0. The maximum Gasteiger partial charge on any atom is 0.268 e. The Morgan fingerprint density at radius 1 is 0.403 bits per heavy atom. The fraction of sp³-hybridized carbons (Fsp3) is 0.985. The molecular weight excluding hydrogens is 972 g/mol. The molecule has 462 valence electrons. The van der Waals surface area contributed by atoms with Crippen LogP contribution >= 0.6 is 7.82 Å². The number of hydrogen-bond donors (Lipinski definition) is 2. The van der Waals surface area contributed by atoms with Gasteiger partial charge in [0.25, 0.3) is 7.82 Å². The van der Waals surface area contributed by atoms with Crippen LogP contribution in [-0.4, -0.2) is 68.5 Å². The van der Waals surface area contributed by atoms with Crippen molar-refractivity contribution in [3.63, 3.8) is 0 Å². The molecular formula is C68H139N2O6P. The first-order valence-electron chi connectivity index (χ1n) is 34.9. The molecule has 8 nitrogen and oxygen atoms in total. The number of nitrogens with one attached hydrogen (secondary N) is 1. The quantitative estimate of drug-likeness (QED) is 0.0357. The summed E-state index contributed by atoms with van der Waals surface area (Å²) < 4.78 is 23.5. The lowest BCUT2D eigenvalue weighted by molar-refractivity contribution is -0.870. The van der Waals surface area contributed by atoms with Crippen LogP contribution < -0.4 is 10.2 Å². The van der Waals surface area contributed by atoms with Crippen molar-refractivity contribution >= 4 is 13.7 Å². The van der Waals surface area contributed by atoms with Crippen LogP contribution in [-0.2, 0) is 18.4 Å². The topological polar surface area (TPSA) is 108 Å². The highest BCUT2D eigenvalue weighted by molar-refractivity contribution is 7.45. The summed E-state index contributed by atoms with van der Waals surface area (Å²) in [6, 6.07) is -0.797. The Bertz CT molecular complexity index is 1220. The summed E-state index contributed by atoms with van der Waals surface area (Å²) in [4.78, 5) is 25.6. The van der Waals surface area contributed by atoms with Gasteiger partial charge in [-0.15, -0.1) is 0 Å². The molecule has 0 bridgehead atoms. The number of likely N-dealkylation sites (N-methyl/N-ethyl adjacent to an activating group) is 1. The summed E-state index contributed by atoms with van der Waals surface area (Å²) >= 11 is 0. The van der Waals surface area contributed by atoms with Crippen molar-refractivity contribution in [3.05, 3.63) is 0 Å². The number of aliphatic hydroxyl groups is 1. The lowest BCUT2D eigenvalue weighted by atomic mass is 10.0. The number of amides is 1. The number of unbranched alkanes of at least 4 members (excludes halogenated alkanes) is 53. The van der Waals surface area contributed by atoms with E-state index >= 15 is 0 Å². The molecule has 1 amide bonds. The molecule has 0 aromatic rings. The first-order valence-corrected chi connectivity index (χ1v) is 36.3. The average Bonchev–Trinajstić information content (AvgIpc) is 3.39. The molecule has 0 aliphatic rings. The van der Waals surface area contributed by atoms with E-state index in [1.54, 1.807) is 0 Å². The summed E-state index contributed by atoms with van der Waals surface area (Å²) in [5.74, 6) is -0.154. The van der Waals surface area contributed by atoms with E-state index in [-0.39, 0.29) is 19.1 Å². The summed E-state index contributed by atoms with van der Waals surface area (Å²) in [7, 11) is 1.33. The molecule has 77 heavy (non-hydrogen) atoms. The van der Waals surface area contributed by atoms with Crippen molar-refractivity contribution in [1.29, 1.82) is 0 Å². The Morgan fingerprint density at radius 3 is 0.883 bits per heavy atom. The van der Waals surface area contributed by atoms with E-state index in [1.165, 1.54) is 315 Å². The first kappa shape index (κ1) is 76.5. The van der Waals surface area contributed by atoms with Gasteiger partial charge in [0.2, 0.25) is 5.91 Å². The standard InChI is InChI=1S/C68H139N2O6P/c1-6-8-10-12-14-16-18-20-22-24-26-28-30-32-33-34-35-36-37-38-39-41-43-45-47-49-51-53-55-57-59-61-67(71)66(65-76-77(73,74)75-64-63-70(3,4)5)69-68(72)62-60-58-56-54-52-50-48-46-44-42-40-31-29-27-25-23-21-19-17-15-13-11-9-7-2/h66-67,71H,6-65H2,1-5H3,(H-,69,72,73,74). The number of hydrogen-bond acceptors (Lipinski definition) is 6. The Labute approximate surface area is 482 Å². The molecule has 3 atom stereocenters. The molecule has 0 aromatic heterocycles. The zero-order valence-electron chi connectivity index (χ0n) is 53.0. The second-order valence-corrected chi connectivity index (χ2v) is 27.0. The minimum atomic E-state index is -4.57. The van der Waals surface area contributed by atoms with Crippen LogP contribution in [0.4, 0.5) is 0 Å². The van der Waals surface area contributed by atoms with Gasteiger partial charge in [0.15, 0.2) is 0 Å². The van der Waals surface area contributed by atoms with Gasteiger partial charge in [-0.05, 0) is 12.8 Å². The van der Waals surface area contributed by atoms with Gasteiger partial charge < -0.3 is 28.8 Å². The number of carbonyl (C=O) groups excluding carboxylic acids is 1. The van der Waals surface area contributed by atoms with Gasteiger partial charge in [0.05, 0.1) is 39.9 Å². The van der Waals surface area contributed by atoms with Crippen LogP contribution in [0.25, 0.3) is 0 Å². The van der Waals surface area contributed by atoms with Crippen molar-refractivity contribution < 1.29 is 32.9 Å². The number of nitrogens with zero attached hydrogens (tertiary/aromatic N) is 1. The molecule has 0 heterocycles. The highest BCUT2D eigenvalue weighted by Gasteiger charge is 2.24. The van der Waals surface area contributed by atoms with Gasteiger partial charge in [-0.2, -0.15) is 0 Å². The molecule has 0 aliphatic carbocycles. The molecule has 0 saturated heterocycles. The number of phosphoric ester groups is 1. The Kier molecular flexibility index (Phi) is 59.7. The fourth-order valence-electron chi connectivity index (χ4n) is 11.2. The van der Waals surface area contributed by atoms with Crippen LogP contribution in [0.3, 0.4) is 0 Å². The van der Waals surface area contributed by atoms with Gasteiger partial charge in [-0.25, -0.2) is 0 Å². The van der Waals surface area contributed by atoms with Crippen molar-refractivity contribution in [2.75, 3.05) is 40.9 Å². The number of rotatable bonds is 66. The third-order valence-corrected chi connectivity index (χ3v) is 17.6. The maximum atomic E-state index is 13.0. The van der Waals surface area contributed by atoms with E-state index in [9.17, 15) is 19.4 Å². The van der Waals surface area contributed by atoms with Gasteiger partial charge in [-0.1, -0.05) is 361 Å². The summed E-state index contributed by atoms with van der Waals surface area (Å²) in [6.07, 6.45) is 74.7. The molecule has 3 unspecified atom stereocenters. The number of aliphatic hydroxyl groups excluding tert-OH is 1. The smallest absolute Gasteiger partial charge is 0.268 e. The summed E-state index contributed by atoms with van der Waals surface area (Å²) in [5.41, 5.74) is 0. The van der Waals surface area contributed by atoms with Crippen molar-refractivity contribution in [3.8, 4) is 0 Å². The number of carbonyl (C=O) groups is 1. The van der Waals surface area contributed by atoms with E-state index in [4.69, 9.17) is 9.05 Å². The predicted molar refractivity (Wildman–Crippen MR) is 335 cm³/mol. The van der Waals surface area contributed by atoms with Crippen LogP contribution in [0, 0.1) is 0 Å². The molecule has 0 aromatic carbocycles.